The van der Waals surface area contributed by atoms with Crippen molar-refractivity contribution in [2.24, 2.45) is 0 Å². The number of aliphatic hydroxyl groups excluding tert-OH is 5. The molecule has 488 valence electrons. The van der Waals surface area contributed by atoms with E-state index >= 15 is 0 Å². The Labute approximate surface area is 514 Å². The summed E-state index contributed by atoms with van der Waals surface area (Å²) in [6.07, 6.45) is 79.1. The Bertz CT molecular complexity index is 1450. The van der Waals surface area contributed by atoms with Gasteiger partial charge in [-0.25, -0.2) is 0 Å². The molecule has 6 N–H and O–H groups in total. The van der Waals surface area contributed by atoms with Crippen molar-refractivity contribution >= 4 is 5.91 Å². The van der Waals surface area contributed by atoms with Gasteiger partial charge in [-0.05, 0) is 51.4 Å². The van der Waals surface area contributed by atoms with Crippen LogP contribution in [0.5, 0.6) is 0 Å². The summed E-state index contributed by atoms with van der Waals surface area (Å²) in [6.45, 7) is 3.78. The molecule has 0 radical (unpaired) electrons. The van der Waals surface area contributed by atoms with E-state index in [4.69, 9.17) is 9.47 Å². The van der Waals surface area contributed by atoms with E-state index < -0.39 is 49.5 Å². The van der Waals surface area contributed by atoms with Gasteiger partial charge in [-0.15, -0.1) is 0 Å². The Balaban J connectivity index is 2.06. The van der Waals surface area contributed by atoms with Gasteiger partial charge < -0.3 is 40.3 Å². The number of carbonyl (C=O) groups is 1. The first kappa shape index (κ1) is 79.2. The van der Waals surface area contributed by atoms with Crippen molar-refractivity contribution < 1.29 is 39.8 Å². The van der Waals surface area contributed by atoms with E-state index in [0.29, 0.717) is 12.8 Å². The number of ether oxygens (including phenoxy) is 2. The number of hydrogen-bond acceptors (Lipinski definition) is 8. The molecule has 1 saturated heterocycles. The molecule has 7 unspecified atom stereocenters. The van der Waals surface area contributed by atoms with Gasteiger partial charge in [0.25, 0.3) is 0 Å². The second-order valence-corrected chi connectivity index (χ2v) is 25.4. The first-order valence-electron chi connectivity index (χ1n) is 36.3. The number of rotatable bonds is 64. The number of amides is 1. The molecule has 83 heavy (non-hydrogen) atoms. The third-order valence-electron chi connectivity index (χ3n) is 17.4. The number of carbonyl (C=O) groups excluding carboxylic acids is 1. The molecule has 1 aliphatic rings. The minimum absolute atomic E-state index is 0.133. The van der Waals surface area contributed by atoms with Crippen LogP contribution in [0.1, 0.15) is 361 Å². The zero-order chi connectivity index (χ0) is 60.0. The van der Waals surface area contributed by atoms with E-state index in [-0.39, 0.29) is 12.5 Å². The van der Waals surface area contributed by atoms with Crippen LogP contribution in [-0.2, 0) is 14.3 Å². The van der Waals surface area contributed by atoms with Gasteiger partial charge in [0.2, 0.25) is 5.91 Å². The summed E-state index contributed by atoms with van der Waals surface area (Å²) in [7, 11) is 0. The lowest BCUT2D eigenvalue weighted by molar-refractivity contribution is -0.302. The maximum absolute atomic E-state index is 13.2. The molecule has 0 aromatic rings. The minimum Gasteiger partial charge on any atom is -0.394 e. The molecule has 9 nitrogen and oxygen atoms in total. The Morgan fingerprint density at radius 3 is 1.11 bits per heavy atom. The van der Waals surface area contributed by atoms with Crippen LogP contribution in [0.25, 0.3) is 0 Å². The van der Waals surface area contributed by atoms with Crippen molar-refractivity contribution in [1.29, 1.82) is 0 Å². The maximum atomic E-state index is 13.2. The summed E-state index contributed by atoms with van der Waals surface area (Å²) < 4.78 is 11.4. The molecule has 1 rings (SSSR count). The van der Waals surface area contributed by atoms with Crippen LogP contribution >= 0.6 is 0 Å². The van der Waals surface area contributed by atoms with Gasteiger partial charge in [-0.3, -0.25) is 4.79 Å². The average molecular weight is 1170 g/mol. The standard InChI is InChI=1S/C74H139NO8/c1-3-5-7-9-11-13-15-17-19-21-23-25-27-28-29-30-31-32-33-34-35-36-37-38-39-40-42-44-46-48-50-52-54-56-58-60-62-64-70(78)75-67(66-82-74-73(81)72(80)71(79)69(65-76)83-74)68(77)63-61-59-57-55-53-51-49-47-45-43-41-26-24-22-20-18-16-14-12-10-8-6-4-2/h5,7,11,13,17,19,23,25,67-69,71-74,76-77,79-81H,3-4,6,8-10,12,14-16,18,20-22,24,26-66H2,1-2H3,(H,75,78)/b7-5-,13-11-,19-17-,25-23-. The van der Waals surface area contributed by atoms with Gasteiger partial charge in [0, 0.05) is 6.42 Å². The third kappa shape index (κ3) is 51.9. The van der Waals surface area contributed by atoms with Gasteiger partial charge in [-0.2, -0.15) is 0 Å². The van der Waals surface area contributed by atoms with Crippen molar-refractivity contribution in [3.63, 3.8) is 0 Å². The SMILES string of the molecule is CC/C=C\C/C=C\C/C=C\C/C=C\CCCCCCCCCCCCCCCCCCCCCCCCCCC(=O)NC(COC1OC(CO)C(O)C(O)C1O)C(O)CCCCCCCCCCCCCCCCCCCCCCCCC. The van der Waals surface area contributed by atoms with Gasteiger partial charge in [0.1, 0.15) is 24.4 Å². The highest BCUT2D eigenvalue weighted by atomic mass is 16.7. The summed E-state index contributed by atoms with van der Waals surface area (Å²) in [6, 6.07) is -0.719. The first-order chi connectivity index (χ1) is 40.8. The summed E-state index contributed by atoms with van der Waals surface area (Å²) in [5.74, 6) is -0.136. The topological polar surface area (TPSA) is 149 Å². The minimum atomic E-state index is -1.55. The number of unbranched alkanes of at least 4 members (excludes halogenated alkanes) is 46. The van der Waals surface area contributed by atoms with Gasteiger partial charge >= 0.3 is 0 Å². The first-order valence-corrected chi connectivity index (χ1v) is 36.3. The molecule has 9 heteroatoms. The van der Waals surface area contributed by atoms with E-state index in [1.165, 1.54) is 270 Å². The zero-order valence-corrected chi connectivity index (χ0v) is 54.7. The molecule has 0 bridgehead atoms. The molecule has 0 aromatic heterocycles. The molecule has 7 atom stereocenters. The van der Waals surface area contributed by atoms with Gasteiger partial charge in [0.15, 0.2) is 6.29 Å². The van der Waals surface area contributed by atoms with E-state index in [1.54, 1.807) is 0 Å². The van der Waals surface area contributed by atoms with Crippen LogP contribution < -0.4 is 5.32 Å². The molecule has 1 fully saturated rings. The lowest BCUT2D eigenvalue weighted by Gasteiger charge is -2.40. The summed E-state index contributed by atoms with van der Waals surface area (Å²) in [4.78, 5) is 13.2. The normalized spacial score (nSPS) is 18.5. The molecule has 0 spiro atoms. The van der Waals surface area contributed by atoms with E-state index in [0.717, 1.165) is 64.2 Å². The largest absolute Gasteiger partial charge is 0.394 e. The predicted octanol–water partition coefficient (Wildman–Crippen LogP) is 20.0. The molecular formula is C74H139NO8. The highest BCUT2D eigenvalue weighted by Gasteiger charge is 2.44. The van der Waals surface area contributed by atoms with Crippen LogP contribution in [0, 0.1) is 0 Å². The van der Waals surface area contributed by atoms with Crippen LogP contribution in [0.3, 0.4) is 0 Å². The van der Waals surface area contributed by atoms with Gasteiger partial charge in [-0.1, -0.05) is 351 Å². The Hall–Kier alpha value is -1.85. The summed E-state index contributed by atoms with van der Waals surface area (Å²) in [5, 5.41) is 55.0. The highest BCUT2D eigenvalue weighted by Crippen LogP contribution is 2.24. The lowest BCUT2D eigenvalue weighted by Crippen LogP contribution is -2.60. The van der Waals surface area contributed by atoms with Crippen LogP contribution in [0.2, 0.25) is 0 Å². The van der Waals surface area contributed by atoms with E-state index in [1.807, 2.05) is 0 Å². The quantitative estimate of drug-likeness (QED) is 0.0261. The van der Waals surface area contributed by atoms with E-state index in [9.17, 15) is 30.3 Å². The van der Waals surface area contributed by atoms with Crippen LogP contribution in [0.15, 0.2) is 48.6 Å². The number of allylic oxidation sites excluding steroid dienone is 8. The summed E-state index contributed by atoms with van der Waals surface area (Å²) in [5.41, 5.74) is 0. The van der Waals surface area contributed by atoms with Crippen LogP contribution in [-0.4, -0.2) is 87.5 Å². The van der Waals surface area contributed by atoms with Crippen molar-refractivity contribution in [1.82, 2.24) is 5.32 Å². The smallest absolute Gasteiger partial charge is 0.220 e. The molecule has 1 amide bonds. The van der Waals surface area contributed by atoms with Crippen molar-refractivity contribution in [3.05, 3.63) is 48.6 Å². The fourth-order valence-corrected chi connectivity index (χ4v) is 11.8. The number of aliphatic hydroxyl groups is 5. The molecule has 0 aromatic carbocycles. The predicted molar refractivity (Wildman–Crippen MR) is 355 cm³/mol. The van der Waals surface area contributed by atoms with Gasteiger partial charge in [0.05, 0.1) is 25.4 Å². The second kappa shape index (κ2) is 63.2. The third-order valence-corrected chi connectivity index (χ3v) is 17.4. The Morgan fingerprint density at radius 2 is 0.747 bits per heavy atom. The zero-order valence-electron chi connectivity index (χ0n) is 54.7. The molecule has 1 aliphatic heterocycles. The maximum Gasteiger partial charge on any atom is 0.220 e. The molecule has 0 saturated carbocycles. The van der Waals surface area contributed by atoms with Crippen molar-refractivity contribution in [3.8, 4) is 0 Å². The Kier molecular flexibility index (Phi) is 60.3. The summed E-state index contributed by atoms with van der Waals surface area (Å²) >= 11 is 0. The molecular weight excluding hydrogens is 1030 g/mol. The lowest BCUT2D eigenvalue weighted by atomic mass is 9.99. The van der Waals surface area contributed by atoms with Crippen LogP contribution in [0.4, 0.5) is 0 Å². The van der Waals surface area contributed by atoms with Crippen molar-refractivity contribution in [2.45, 2.75) is 403 Å². The fourth-order valence-electron chi connectivity index (χ4n) is 11.8. The van der Waals surface area contributed by atoms with E-state index in [2.05, 4.69) is 67.8 Å². The monoisotopic (exact) mass is 1170 g/mol. The number of hydrogen-bond donors (Lipinski definition) is 6. The highest BCUT2D eigenvalue weighted by molar-refractivity contribution is 5.76. The average Bonchev–Trinajstić information content (AvgIpc) is 3.60. The molecule has 0 aliphatic carbocycles. The fraction of sp³-hybridized carbons (Fsp3) is 0.878. The molecule has 1 heterocycles. The second-order valence-electron chi connectivity index (χ2n) is 25.4. The number of nitrogens with one attached hydrogen (secondary N) is 1. The van der Waals surface area contributed by atoms with Crippen molar-refractivity contribution in [2.75, 3.05) is 13.2 Å². The Morgan fingerprint density at radius 1 is 0.422 bits per heavy atom.